The van der Waals surface area contributed by atoms with Crippen LogP contribution in [-0.4, -0.2) is 75.6 Å². The summed E-state index contributed by atoms with van der Waals surface area (Å²) < 4.78 is 6.78. The number of carbonyl (C=O) groups excluding carboxylic acids is 1. The predicted molar refractivity (Wildman–Crippen MR) is 248 cm³/mol. The van der Waals surface area contributed by atoms with Gasteiger partial charge in [-0.2, -0.15) is 5.10 Å². The monoisotopic (exact) mass is 857 g/mol. The highest BCUT2D eigenvalue weighted by Crippen LogP contribution is 2.53. The van der Waals surface area contributed by atoms with E-state index in [1.807, 2.05) is 87.0 Å². The Morgan fingerprint density at radius 1 is 0.969 bits per heavy atom. The first-order valence-electron chi connectivity index (χ1n) is 21.5. The van der Waals surface area contributed by atoms with Crippen molar-refractivity contribution in [1.82, 2.24) is 38.7 Å². The minimum atomic E-state index is -1.34. The highest BCUT2D eigenvalue weighted by molar-refractivity contribution is 6.05. The van der Waals surface area contributed by atoms with Crippen LogP contribution in [0.25, 0.3) is 39.2 Å². The number of pyridine rings is 1. The second-order valence-corrected chi connectivity index (χ2v) is 17.2. The molecule has 2 aliphatic rings. The first kappa shape index (κ1) is 41.8. The number of hydrogen-bond acceptors (Lipinski definition) is 8. The lowest BCUT2D eigenvalue weighted by molar-refractivity contribution is 0.0645. The quantitative estimate of drug-likeness (QED) is 0.0681. The Balaban J connectivity index is 1.20. The Morgan fingerprint density at radius 3 is 2.38 bits per heavy atom. The fraction of sp³-hybridized carbons (Fsp3) is 0.286. The molecule has 1 aliphatic carbocycles. The van der Waals surface area contributed by atoms with Gasteiger partial charge < -0.3 is 25.3 Å². The molecule has 4 aromatic heterocycles. The molecule has 64 heavy (non-hydrogen) atoms. The maximum atomic E-state index is 15.5. The second kappa shape index (κ2) is 15.7. The number of amides is 2. The Morgan fingerprint density at radius 2 is 1.70 bits per heavy atom. The zero-order valence-electron chi connectivity index (χ0n) is 36.9. The molecule has 15 nitrogen and oxygen atoms in total. The molecule has 0 bridgehead atoms. The highest BCUT2D eigenvalue weighted by Gasteiger charge is 2.59. The predicted octanol–water partition coefficient (Wildman–Crippen LogP) is 7.92. The molecule has 326 valence electrons. The van der Waals surface area contributed by atoms with Gasteiger partial charge in [0.15, 0.2) is 0 Å². The zero-order valence-corrected chi connectivity index (χ0v) is 36.9. The number of rotatable bonds is 10. The number of imidazole rings is 1. The number of benzene rings is 3. The largest absolute Gasteiger partial charge is 0.465 e. The van der Waals surface area contributed by atoms with Crippen molar-refractivity contribution in [3.05, 3.63) is 141 Å². The molecule has 5 N–H and O–H groups in total. The number of hydrogen-bond donors (Lipinski definition) is 5. The summed E-state index contributed by atoms with van der Waals surface area (Å²) in [7, 11) is 1.78. The van der Waals surface area contributed by atoms with Crippen molar-refractivity contribution in [1.29, 1.82) is 10.8 Å². The van der Waals surface area contributed by atoms with Crippen LogP contribution in [0.4, 0.5) is 10.5 Å². The second-order valence-electron chi connectivity index (χ2n) is 17.2. The molecule has 3 aromatic carbocycles. The third-order valence-electron chi connectivity index (χ3n) is 13.2. The number of carboxylic acid groups (broad SMARTS) is 1. The molecule has 0 saturated heterocycles. The fourth-order valence-corrected chi connectivity index (χ4v) is 9.84. The van der Waals surface area contributed by atoms with Crippen LogP contribution in [0.3, 0.4) is 0 Å². The SMILES string of the molecule is CCc1nccc(-c2ccc3c(c2)cc(C(=O)N2Cc4c(nn(-c5cc(C)cc(C)c5)c4-n4ccn(-c5ccc(NC)c(C=N)c5)c4=O)CC2C)n3[C@@]2(C(=N)NC(=O)O)C[C@@H]2C)c1C. The van der Waals surface area contributed by atoms with Gasteiger partial charge in [0.25, 0.3) is 5.91 Å². The minimum absolute atomic E-state index is 0.123. The van der Waals surface area contributed by atoms with Gasteiger partial charge in [-0.05, 0) is 129 Å². The van der Waals surface area contributed by atoms with E-state index in [0.717, 1.165) is 68.0 Å². The van der Waals surface area contributed by atoms with Crippen molar-refractivity contribution in [3.63, 3.8) is 0 Å². The van der Waals surface area contributed by atoms with Crippen molar-refractivity contribution >= 4 is 40.6 Å². The van der Waals surface area contributed by atoms with Gasteiger partial charge in [-0.15, -0.1) is 0 Å². The maximum absolute atomic E-state index is 15.5. The van der Waals surface area contributed by atoms with Gasteiger partial charge in [-0.25, -0.2) is 14.3 Å². The van der Waals surface area contributed by atoms with E-state index in [9.17, 15) is 14.7 Å². The summed E-state index contributed by atoms with van der Waals surface area (Å²) in [5, 5.41) is 38.2. The van der Waals surface area contributed by atoms with Crippen LogP contribution in [0.15, 0.2) is 90.1 Å². The van der Waals surface area contributed by atoms with E-state index in [1.165, 1.54) is 10.8 Å². The maximum Gasteiger partial charge on any atom is 0.410 e. The van der Waals surface area contributed by atoms with Gasteiger partial charge in [0.05, 0.1) is 23.6 Å². The third kappa shape index (κ3) is 6.69. The van der Waals surface area contributed by atoms with Gasteiger partial charge in [-0.1, -0.05) is 26.0 Å². The molecule has 7 aromatic rings. The number of aryl methyl sites for hydroxylation is 3. The minimum Gasteiger partial charge on any atom is -0.465 e. The standard InChI is InChI=1S/C49H51N11O4/c1-8-39-31(6)37(13-14-53-39)32-9-12-42-33(21-32)23-43(59(42)49(24-29(49)4)46(51)54-47(62)63)45(61)58-26-38-41(20-30(58)5)55-60(36-18-27(2)17-28(3)19-36)44(38)57-16-15-56(48(57)64)35-10-11-40(52-7)34(22-35)25-50/h9-19,21-23,25,29-30,50,52H,8,20,24,26H2,1-7H3,(H2,51,54)(H,62,63)/t29-,30?,49-/m0/s1. The van der Waals surface area contributed by atoms with Gasteiger partial charge in [0, 0.05) is 77.7 Å². The number of amidine groups is 1. The van der Waals surface area contributed by atoms with E-state index in [-0.39, 0.29) is 35.9 Å². The van der Waals surface area contributed by atoms with E-state index in [1.54, 1.807) is 39.7 Å². The Labute approximate surface area is 370 Å². The number of anilines is 1. The number of carbonyl (C=O) groups is 2. The van der Waals surface area contributed by atoms with Crippen LogP contribution in [0.1, 0.15) is 76.9 Å². The Kier molecular flexibility index (Phi) is 10.2. The van der Waals surface area contributed by atoms with Crippen LogP contribution < -0.4 is 16.3 Å². The van der Waals surface area contributed by atoms with E-state index in [2.05, 4.69) is 41.6 Å². The van der Waals surface area contributed by atoms with Crippen LogP contribution in [-0.2, 0) is 24.9 Å². The summed E-state index contributed by atoms with van der Waals surface area (Å²) in [4.78, 5) is 48.5. The van der Waals surface area contributed by atoms with Crippen molar-refractivity contribution < 1.29 is 14.7 Å². The number of aromatic nitrogens is 6. The molecule has 3 atom stereocenters. The van der Waals surface area contributed by atoms with E-state index in [0.29, 0.717) is 41.1 Å². The summed E-state index contributed by atoms with van der Waals surface area (Å²) >= 11 is 0. The average Bonchev–Trinajstić information content (AvgIpc) is 3.51. The molecule has 1 saturated carbocycles. The molecule has 2 amide bonds. The molecule has 0 radical (unpaired) electrons. The molecule has 5 heterocycles. The van der Waals surface area contributed by atoms with Gasteiger partial charge in [0.2, 0.25) is 0 Å². The molecular weight excluding hydrogens is 807 g/mol. The molecule has 15 heteroatoms. The lowest BCUT2D eigenvalue weighted by Gasteiger charge is -2.34. The first-order chi connectivity index (χ1) is 30.7. The van der Waals surface area contributed by atoms with Crippen molar-refractivity contribution in [2.75, 3.05) is 12.4 Å². The van der Waals surface area contributed by atoms with Gasteiger partial charge in [-0.3, -0.25) is 29.6 Å². The normalized spacial score (nSPS) is 17.9. The van der Waals surface area contributed by atoms with Crippen LogP contribution in [0, 0.1) is 37.5 Å². The fourth-order valence-electron chi connectivity index (χ4n) is 9.84. The average molecular weight is 858 g/mol. The topological polar surface area (TPSA) is 192 Å². The third-order valence-corrected chi connectivity index (χ3v) is 13.2. The van der Waals surface area contributed by atoms with Gasteiger partial charge >= 0.3 is 11.8 Å². The first-order valence-corrected chi connectivity index (χ1v) is 21.5. The zero-order chi connectivity index (χ0) is 45.4. The summed E-state index contributed by atoms with van der Waals surface area (Å²) in [5.41, 5.74) is 9.96. The number of nitrogens with one attached hydrogen (secondary N) is 4. The molecule has 1 fully saturated rings. The number of fused-ring (bicyclic) bond motifs is 2. The van der Waals surface area contributed by atoms with E-state index in [4.69, 9.17) is 15.9 Å². The van der Waals surface area contributed by atoms with Crippen LogP contribution >= 0.6 is 0 Å². The Bertz CT molecular complexity index is 3130. The highest BCUT2D eigenvalue weighted by atomic mass is 16.4. The molecule has 9 rings (SSSR count). The Hall–Kier alpha value is -7.55. The van der Waals surface area contributed by atoms with E-state index < -0.39 is 11.6 Å². The smallest absolute Gasteiger partial charge is 0.410 e. The summed E-state index contributed by atoms with van der Waals surface area (Å²) in [6.07, 6.45) is 6.78. The molecular formula is C49H51N11O4. The summed E-state index contributed by atoms with van der Waals surface area (Å²) in [6, 6.07) is 21.1. The molecule has 0 spiro atoms. The lowest BCUT2D eigenvalue weighted by atomic mass is 9.98. The van der Waals surface area contributed by atoms with Crippen molar-refractivity contribution in [2.45, 2.75) is 78.9 Å². The molecule has 1 aliphatic heterocycles. The summed E-state index contributed by atoms with van der Waals surface area (Å²) in [6.45, 7) is 12.2. The van der Waals surface area contributed by atoms with Gasteiger partial charge in [0.1, 0.15) is 22.9 Å². The van der Waals surface area contributed by atoms with Crippen molar-refractivity contribution in [3.8, 4) is 28.3 Å². The number of nitrogens with zero attached hydrogens (tertiary/aromatic N) is 7. The van der Waals surface area contributed by atoms with Crippen LogP contribution in [0.5, 0.6) is 0 Å². The van der Waals surface area contributed by atoms with Crippen LogP contribution in [0.2, 0.25) is 0 Å². The lowest BCUT2D eigenvalue weighted by Crippen LogP contribution is -2.46. The summed E-state index contributed by atoms with van der Waals surface area (Å²) in [5.74, 6) is -0.109. The van der Waals surface area contributed by atoms with Crippen molar-refractivity contribution in [2.24, 2.45) is 5.92 Å². The van der Waals surface area contributed by atoms with E-state index >= 15 is 4.79 Å². The molecule has 1 unspecified atom stereocenters.